The molecule has 0 bridgehead atoms. The highest BCUT2D eigenvalue weighted by molar-refractivity contribution is 6.09. The summed E-state index contributed by atoms with van der Waals surface area (Å²) in [6, 6.07) is 7.09. The molecule has 0 radical (unpaired) electrons. The molecule has 2 aliphatic carbocycles. The predicted octanol–water partition coefficient (Wildman–Crippen LogP) is 3.32. The molecule has 0 unspecified atom stereocenters. The Bertz CT molecular complexity index is 768. The number of carbonyl (C=O) groups is 2. The maximum absolute atomic E-state index is 12.6. The minimum Gasteiger partial charge on any atom is -0.480 e. The van der Waals surface area contributed by atoms with Gasteiger partial charge in [-0.1, -0.05) is 6.42 Å². The van der Waals surface area contributed by atoms with Gasteiger partial charge in [-0.25, -0.2) is 4.98 Å². The molecule has 0 saturated heterocycles. The van der Waals surface area contributed by atoms with Gasteiger partial charge in [-0.15, -0.1) is 0 Å². The van der Waals surface area contributed by atoms with Crippen LogP contribution >= 0.6 is 0 Å². The second kappa shape index (κ2) is 5.19. The Morgan fingerprint density at radius 2 is 1.88 bits per heavy atom. The largest absolute Gasteiger partial charge is 0.480 e. The molecule has 1 aromatic carbocycles. The summed E-state index contributed by atoms with van der Waals surface area (Å²) in [6.07, 6.45) is 7.10. The molecule has 6 nitrogen and oxygen atoms in total. The number of nitrogens with one attached hydrogen (secondary N) is 1. The second-order valence-electron chi connectivity index (χ2n) is 6.99. The number of carboxylic acids is 1. The zero-order valence-corrected chi connectivity index (χ0v) is 13.1. The van der Waals surface area contributed by atoms with Crippen LogP contribution in [-0.4, -0.2) is 22.0 Å². The maximum Gasteiger partial charge on any atom is 0.319 e. The monoisotopic (exact) mass is 326 g/mol. The number of carboxylic acid groups (broad SMARTS) is 1. The van der Waals surface area contributed by atoms with Gasteiger partial charge in [0.25, 0.3) is 0 Å². The third-order valence-corrected chi connectivity index (χ3v) is 5.47. The summed E-state index contributed by atoms with van der Waals surface area (Å²) in [6.45, 7) is 0. The molecule has 6 heteroatoms. The maximum atomic E-state index is 12.6. The molecule has 2 aromatic rings. The van der Waals surface area contributed by atoms with Crippen LogP contribution in [-0.2, 0) is 9.59 Å². The molecule has 1 aromatic heterocycles. The molecule has 124 valence electrons. The van der Waals surface area contributed by atoms with Crippen LogP contribution in [0.25, 0.3) is 11.3 Å². The number of aliphatic carboxylic acids is 1. The SMILES string of the molecule is O=C(O)C1(C(=O)Nc2ccc(-c3cnco3)cc2)CC2(CCC2)C1. The summed E-state index contributed by atoms with van der Waals surface area (Å²) in [7, 11) is 0. The molecule has 2 fully saturated rings. The number of nitrogens with zero attached hydrogens (tertiary/aromatic N) is 1. The molecule has 0 atom stereocenters. The van der Waals surface area contributed by atoms with Gasteiger partial charge >= 0.3 is 5.97 Å². The van der Waals surface area contributed by atoms with Crippen molar-refractivity contribution in [3.05, 3.63) is 36.9 Å². The molecule has 24 heavy (non-hydrogen) atoms. The number of benzene rings is 1. The topological polar surface area (TPSA) is 92.4 Å². The van der Waals surface area contributed by atoms with Gasteiger partial charge in [-0.05, 0) is 55.4 Å². The second-order valence-corrected chi connectivity index (χ2v) is 6.99. The molecule has 2 saturated carbocycles. The van der Waals surface area contributed by atoms with Crippen LogP contribution < -0.4 is 5.32 Å². The summed E-state index contributed by atoms with van der Waals surface area (Å²) >= 11 is 0. The first-order chi connectivity index (χ1) is 11.5. The van der Waals surface area contributed by atoms with Crippen molar-refractivity contribution in [1.29, 1.82) is 0 Å². The standard InChI is InChI=1S/C18H18N2O4/c21-15(18(16(22)23)9-17(10-18)6-1-7-17)20-13-4-2-12(3-5-13)14-8-19-11-24-14/h2-5,8,11H,1,6-7,9-10H2,(H,20,21)(H,22,23). The van der Waals surface area contributed by atoms with E-state index in [1.54, 1.807) is 30.5 Å². The fraction of sp³-hybridized carbons (Fsp3) is 0.389. The number of amides is 1. The van der Waals surface area contributed by atoms with Gasteiger partial charge in [-0.3, -0.25) is 9.59 Å². The highest BCUT2D eigenvalue weighted by Crippen LogP contribution is 2.64. The van der Waals surface area contributed by atoms with E-state index in [1.807, 2.05) is 0 Å². The number of aromatic nitrogens is 1. The Balaban J connectivity index is 1.48. The molecule has 1 amide bonds. The molecule has 2 aliphatic rings. The third-order valence-electron chi connectivity index (χ3n) is 5.47. The minimum atomic E-state index is -1.27. The van der Waals surface area contributed by atoms with Crippen molar-refractivity contribution >= 4 is 17.6 Å². The zero-order valence-electron chi connectivity index (χ0n) is 13.1. The van der Waals surface area contributed by atoms with Crippen LogP contribution in [0.15, 0.2) is 41.3 Å². The van der Waals surface area contributed by atoms with Crippen LogP contribution in [0.3, 0.4) is 0 Å². The quantitative estimate of drug-likeness (QED) is 0.841. The van der Waals surface area contributed by atoms with Crippen LogP contribution in [0.2, 0.25) is 0 Å². The highest BCUT2D eigenvalue weighted by atomic mass is 16.4. The number of hydrogen-bond acceptors (Lipinski definition) is 4. The Morgan fingerprint density at radius 3 is 2.38 bits per heavy atom. The van der Waals surface area contributed by atoms with E-state index in [9.17, 15) is 14.7 Å². The first-order valence-corrected chi connectivity index (χ1v) is 8.07. The summed E-state index contributed by atoms with van der Waals surface area (Å²) in [5.74, 6) is -0.795. The van der Waals surface area contributed by atoms with Gasteiger partial charge in [-0.2, -0.15) is 0 Å². The fourth-order valence-corrected chi connectivity index (χ4v) is 3.99. The number of oxazole rings is 1. The van der Waals surface area contributed by atoms with E-state index in [4.69, 9.17) is 4.42 Å². The summed E-state index contributed by atoms with van der Waals surface area (Å²) in [4.78, 5) is 28.1. The highest BCUT2D eigenvalue weighted by Gasteiger charge is 2.64. The number of carbonyl (C=O) groups excluding carboxylic acids is 1. The lowest BCUT2D eigenvalue weighted by atomic mass is 9.45. The van der Waals surface area contributed by atoms with E-state index >= 15 is 0 Å². The lowest BCUT2D eigenvalue weighted by Crippen LogP contribution is -2.59. The van der Waals surface area contributed by atoms with Gasteiger partial charge in [0.1, 0.15) is 5.41 Å². The molecule has 1 heterocycles. The van der Waals surface area contributed by atoms with Crippen molar-refractivity contribution < 1.29 is 19.1 Å². The van der Waals surface area contributed by atoms with Gasteiger partial charge in [0.2, 0.25) is 5.91 Å². The van der Waals surface area contributed by atoms with E-state index < -0.39 is 17.3 Å². The van der Waals surface area contributed by atoms with Gasteiger partial charge in [0.05, 0.1) is 6.20 Å². The van der Waals surface area contributed by atoms with Crippen LogP contribution in [0.1, 0.15) is 32.1 Å². The van der Waals surface area contributed by atoms with Crippen LogP contribution in [0.4, 0.5) is 5.69 Å². The third kappa shape index (κ3) is 2.21. The van der Waals surface area contributed by atoms with E-state index in [2.05, 4.69) is 10.3 Å². The van der Waals surface area contributed by atoms with Crippen molar-refractivity contribution in [2.75, 3.05) is 5.32 Å². The van der Waals surface area contributed by atoms with E-state index in [1.165, 1.54) is 6.39 Å². The normalized spacial score (nSPS) is 20.0. The number of anilines is 1. The Hall–Kier alpha value is -2.63. The first kappa shape index (κ1) is 14.9. The molecule has 0 aliphatic heterocycles. The Labute approximate surface area is 138 Å². The molecular weight excluding hydrogens is 308 g/mol. The molecule has 2 N–H and O–H groups in total. The van der Waals surface area contributed by atoms with Gasteiger partial charge < -0.3 is 14.8 Å². The summed E-state index contributed by atoms with van der Waals surface area (Å²) < 4.78 is 5.22. The molecule has 4 rings (SSSR count). The number of rotatable bonds is 4. The number of hydrogen-bond donors (Lipinski definition) is 2. The van der Waals surface area contributed by atoms with Crippen molar-refractivity contribution in [2.45, 2.75) is 32.1 Å². The lowest BCUT2D eigenvalue weighted by molar-refractivity contribution is -0.178. The van der Waals surface area contributed by atoms with Crippen molar-refractivity contribution in [3.63, 3.8) is 0 Å². The van der Waals surface area contributed by atoms with Crippen LogP contribution in [0, 0.1) is 10.8 Å². The first-order valence-electron chi connectivity index (χ1n) is 8.07. The lowest BCUT2D eigenvalue weighted by Gasteiger charge is -2.58. The average Bonchev–Trinajstić information content (AvgIpc) is 2.99. The minimum absolute atomic E-state index is 0.103. The fourth-order valence-electron chi connectivity index (χ4n) is 3.99. The average molecular weight is 326 g/mol. The summed E-state index contributed by atoms with van der Waals surface area (Å²) in [5.41, 5.74) is 0.254. The summed E-state index contributed by atoms with van der Waals surface area (Å²) in [5, 5.41) is 12.3. The van der Waals surface area contributed by atoms with E-state index in [0.717, 1.165) is 24.8 Å². The van der Waals surface area contributed by atoms with E-state index in [-0.39, 0.29) is 5.41 Å². The molecular formula is C18H18N2O4. The van der Waals surface area contributed by atoms with Gasteiger partial charge in [0, 0.05) is 11.3 Å². The molecule has 1 spiro atoms. The van der Waals surface area contributed by atoms with Crippen molar-refractivity contribution in [1.82, 2.24) is 4.98 Å². The predicted molar refractivity (Wildman–Crippen MR) is 86.2 cm³/mol. The van der Waals surface area contributed by atoms with Gasteiger partial charge in [0.15, 0.2) is 12.2 Å². The zero-order chi connectivity index (χ0) is 16.8. The Morgan fingerprint density at radius 1 is 1.17 bits per heavy atom. The van der Waals surface area contributed by atoms with E-state index in [0.29, 0.717) is 24.3 Å². The Kier molecular flexibility index (Phi) is 3.23. The van der Waals surface area contributed by atoms with Crippen molar-refractivity contribution in [3.8, 4) is 11.3 Å². The smallest absolute Gasteiger partial charge is 0.319 e. The van der Waals surface area contributed by atoms with Crippen LogP contribution in [0.5, 0.6) is 0 Å². The van der Waals surface area contributed by atoms with Crippen molar-refractivity contribution in [2.24, 2.45) is 10.8 Å².